The van der Waals surface area contributed by atoms with E-state index in [1.165, 1.54) is 0 Å². The summed E-state index contributed by atoms with van der Waals surface area (Å²) in [4.78, 5) is 5.05. The Morgan fingerprint density at radius 1 is 1.35 bits per heavy atom. The summed E-state index contributed by atoms with van der Waals surface area (Å²) >= 11 is 0. The molecule has 1 saturated heterocycles. The molecule has 0 spiro atoms. The smallest absolute Gasteiger partial charge is 0.191 e. The highest BCUT2D eigenvalue weighted by Gasteiger charge is 2.29. The predicted molar refractivity (Wildman–Crippen MR) is 106 cm³/mol. The van der Waals surface area contributed by atoms with Crippen molar-refractivity contribution in [1.29, 1.82) is 0 Å². The van der Waals surface area contributed by atoms with Crippen molar-refractivity contribution in [2.75, 3.05) is 32.5 Å². The molecule has 2 N–H and O–H groups in total. The molecule has 0 amide bonds. The minimum absolute atomic E-state index is 0. The Morgan fingerprint density at radius 3 is 2.70 bits per heavy atom. The van der Waals surface area contributed by atoms with Crippen LogP contribution < -0.4 is 10.6 Å². The average Bonchev–Trinajstić information content (AvgIpc) is 2.98. The van der Waals surface area contributed by atoms with Gasteiger partial charge in [-0.15, -0.1) is 24.0 Å². The maximum Gasteiger partial charge on any atom is 0.191 e. The van der Waals surface area contributed by atoms with Gasteiger partial charge < -0.3 is 15.4 Å². The van der Waals surface area contributed by atoms with Crippen LogP contribution >= 0.6 is 24.0 Å². The van der Waals surface area contributed by atoms with Crippen molar-refractivity contribution in [3.63, 3.8) is 0 Å². The second kappa shape index (κ2) is 10.2. The first-order valence-electron chi connectivity index (χ1n) is 7.65. The van der Waals surface area contributed by atoms with Crippen LogP contribution in [0, 0.1) is 0 Å². The van der Waals surface area contributed by atoms with Gasteiger partial charge in [-0.05, 0) is 31.9 Å². The number of nitrogens with zero attached hydrogens (tertiary/aromatic N) is 1. The molecule has 1 heterocycles. The Labute approximate surface area is 158 Å². The van der Waals surface area contributed by atoms with Crippen molar-refractivity contribution >= 4 is 40.7 Å². The summed E-state index contributed by atoms with van der Waals surface area (Å²) in [6.07, 6.45) is 2.18. The van der Waals surface area contributed by atoms with Crippen LogP contribution in [0.25, 0.3) is 0 Å². The minimum Gasteiger partial charge on any atom is -0.373 e. The minimum atomic E-state index is -0.986. The van der Waals surface area contributed by atoms with Gasteiger partial charge >= 0.3 is 0 Å². The van der Waals surface area contributed by atoms with Gasteiger partial charge in [0, 0.05) is 37.4 Å². The van der Waals surface area contributed by atoms with Gasteiger partial charge in [-0.1, -0.05) is 18.2 Å². The van der Waals surface area contributed by atoms with Crippen LogP contribution in [0.2, 0.25) is 0 Å². The molecule has 1 aromatic rings. The van der Waals surface area contributed by atoms with E-state index in [9.17, 15) is 4.21 Å². The van der Waals surface area contributed by atoms with E-state index in [1.54, 1.807) is 7.05 Å². The highest BCUT2D eigenvalue weighted by atomic mass is 127. The molecule has 0 aliphatic carbocycles. The van der Waals surface area contributed by atoms with Crippen LogP contribution in [-0.4, -0.2) is 48.3 Å². The summed E-state index contributed by atoms with van der Waals surface area (Å²) in [6.45, 7) is 4.29. The van der Waals surface area contributed by atoms with E-state index >= 15 is 0 Å². The monoisotopic (exact) mass is 451 g/mol. The Morgan fingerprint density at radius 2 is 2.09 bits per heavy atom. The summed E-state index contributed by atoms with van der Waals surface area (Å²) in [5, 5.41) is 6.48. The zero-order valence-corrected chi connectivity index (χ0v) is 16.9. The van der Waals surface area contributed by atoms with Crippen LogP contribution in [0.1, 0.15) is 19.8 Å². The van der Waals surface area contributed by atoms with E-state index in [2.05, 4.69) is 22.5 Å². The number of ether oxygens (including phenoxy) is 1. The van der Waals surface area contributed by atoms with E-state index in [1.807, 2.05) is 30.3 Å². The van der Waals surface area contributed by atoms with Crippen molar-refractivity contribution in [2.45, 2.75) is 30.3 Å². The number of benzene rings is 1. The molecule has 1 aliphatic rings. The molecule has 1 aliphatic heterocycles. The fourth-order valence-electron chi connectivity index (χ4n) is 2.42. The van der Waals surface area contributed by atoms with Crippen molar-refractivity contribution in [3.8, 4) is 0 Å². The number of halogens is 1. The first-order valence-corrected chi connectivity index (χ1v) is 8.97. The van der Waals surface area contributed by atoms with Crippen LogP contribution in [0.15, 0.2) is 40.2 Å². The lowest BCUT2D eigenvalue weighted by atomic mass is 10.0. The summed E-state index contributed by atoms with van der Waals surface area (Å²) in [7, 11) is 0.751. The Hall–Kier alpha value is -0.670. The van der Waals surface area contributed by atoms with Gasteiger partial charge in [0.05, 0.1) is 16.4 Å². The van der Waals surface area contributed by atoms with Gasteiger partial charge in [-0.25, -0.2) is 0 Å². The topological polar surface area (TPSA) is 62.7 Å². The molecule has 2 rings (SSSR count). The molecule has 2 unspecified atom stereocenters. The Bertz CT molecular complexity index is 519. The van der Waals surface area contributed by atoms with Gasteiger partial charge in [-0.3, -0.25) is 9.20 Å². The summed E-state index contributed by atoms with van der Waals surface area (Å²) < 4.78 is 17.9. The number of guanidine groups is 1. The van der Waals surface area contributed by atoms with Gasteiger partial charge in [-0.2, -0.15) is 0 Å². The quantitative estimate of drug-likeness (QED) is 0.396. The fraction of sp³-hybridized carbons (Fsp3) is 0.562. The predicted octanol–water partition coefficient (Wildman–Crippen LogP) is 2.15. The van der Waals surface area contributed by atoms with Crippen molar-refractivity contribution < 1.29 is 8.95 Å². The normalized spacial score (nSPS) is 22.3. The van der Waals surface area contributed by atoms with E-state index in [4.69, 9.17) is 4.74 Å². The highest BCUT2D eigenvalue weighted by Crippen LogP contribution is 2.23. The molecule has 1 aromatic carbocycles. The SMILES string of the molecule is CN=C(NCCS(=O)c1ccccc1)NCC1(C)CCCO1.I. The summed E-state index contributed by atoms with van der Waals surface area (Å²) in [5.41, 5.74) is -0.107. The summed E-state index contributed by atoms with van der Waals surface area (Å²) in [6, 6.07) is 9.52. The maximum absolute atomic E-state index is 12.1. The van der Waals surface area contributed by atoms with Gasteiger partial charge in [0.1, 0.15) is 0 Å². The molecule has 23 heavy (non-hydrogen) atoms. The first kappa shape index (κ1) is 20.4. The van der Waals surface area contributed by atoms with Crippen molar-refractivity contribution in [3.05, 3.63) is 30.3 Å². The van der Waals surface area contributed by atoms with Gasteiger partial charge in [0.2, 0.25) is 0 Å². The number of rotatable bonds is 6. The molecular weight excluding hydrogens is 425 g/mol. The third-order valence-electron chi connectivity index (χ3n) is 3.74. The molecule has 0 aromatic heterocycles. The van der Waals surface area contributed by atoms with E-state index in [0.29, 0.717) is 12.3 Å². The molecule has 7 heteroatoms. The standard InChI is InChI=1S/C16H25N3O2S.HI/c1-16(9-6-11-21-16)13-19-15(17-2)18-10-12-22(20)14-7-4-3-5-8-14;/h3-5,7-8H,6,9-13H2,1-2H3,(H2,17,18,19);1H. The Balaban J connectivity index is 0.00000264. The largest absolute Gasteiger partial charge is 0.373 e. The second-order valence-electron chi connectivity index (χ2n) is 5.62. The Kier molecular flexibility index (Phi) is 9.08. The lowest BCUT2D eigenvalue weighted by Crippen LogP contribution is -2.46. The van der Waals surface area contributed by atoms with Crippen LogP contribution in [0.5, 0.6) is 0 Å². The molecule has 1 fully saturated rings. The van der Waals surface area contributed by atoms with Gasteiger partial charge in [0.15, 0.2) is 5.96 Å². The van der Waals surface area contributed by atoms with E-state index < -0.39 is 10.8 Å². The summed E-state index contributed by atoms with van der Waals surface area (Å²) in [5.74, 6) is 1.28. The van der Waals surface area contributed by atoms with Crippen LogP contribution in [-0.2, 0) is 15.5 Å². The van der Waals surface area contributed by atoms with Gasteiger partial charge in [0.25, 0.3) is 0 Å². The average molecular weight is 451 g/mol. The van der Waals surface area contributed by atoms with Crippen molar-refractivity contribution in [2.24, 2.45) is 4.99 Å². The fourth-order valence-corrected chi connectivity index (χ4v) is 3.40. The van der Waals surface area contributed by atoms with E-state index in [-0.39, 0.29) is 29.6 Å². The zero-order chi connectivity index (χ0) is 15.8. The number of nitrogens with one attached hydrogen (secondary N) is 2. The van der Waals surface area contributed by atoms with E-state index in [0.717, 1.165) is 36.8 Å². The third kappa shape index (κ3) is 6.76. The molecular formula is C16H26IN3O2S. The molecule has 130 valence electrons. The molecule has 2 atom stereocenters. The third-order valence-corrected chi connectivity index (χ3v) is 5.11. The lowest BCUT2D eigenvalue weighted by Gasteiger charge is -2.24. The highest BCUT2D eigenvalue weighted by molar-refractivity contribution is 14.0. The van der Waals surface area contributed by atoms with Crippen molar-refractivity contribution in [1.82, 2.24) is 10.6 Å². The lowest BCUT2D eigenvalue weighted by molar-refractivity contribution is 0.0243. The number of hydrogen-bond acceptors (Lipinski definition) is 3. The molecule has 0 saturated carbocycles. The second-order valence-corrected chi connectivity index (χ2v) is 7.19. The molecule has 5 nitrogen and oxygen atoms in total. The number of aliphatic imine (C=N–C) groups is 1. The first-order chi connectivity index (χ1) is 10.6. The number of hydrogen-bond donors (Lipinski definition) is 2. The van der Waals surface area contributed by atoms with Crippen LogP contribution in [0.4, 0.5) is 0 Å². The molecule has 0 radical (unpaired) electrons. The maximum atomic E-state index is 12.1. The zero-order valence-electron chi connectivity index (χ0n) is 13.7. The molecule has 0 bridgehead atoms. The van der Waals surface area contributed by atoms with Crippen LogP contribution in [0.3, 0.4) is 0 Å².